The van der Waals surface area contributed by atoms with E-state index in [4.69, 9.17) is 10.2 Å². The summed E-state index contributed by atoms with van der Waals surface area (Å²) in [6, 6.07) is 0. The fourth-order valence-electron chi connectivity index (χ4n) is 2.65. The van der Waals surface area contributed by atoms with Crippen molar-refractivity contribution in [2.75, 3.05) is 0 Å². The first kappa shape index (κ1) is 19.2. The monoisotopic (exact) mass is 298 g/mol. The van der Waals surface area contributed by atoms with Crippen LogP contribution >= 0.6 is 0 Å². The van der Waals surface area contributed by atoms with Gasteiger partial charge in [0, 0.05) is 0 Å². The molecular formula is C14H26CaO4. The van der Waals surface area contributed by atoms with Gasteiger partial charge in [0.15, 0.2) is 0 Å². The van der Waals surface area contributed by atoms with Crippen LogP contribution in [0.25, 0.3) is 0 Å². The average Bonchev–Trinajstić information content (AvgIpc) is 2.36. The molecule has 0 heterocycles. The van der Waals surface area contributed by atoms with E-state index in [-0.39, 0.29) is 33.8 Å². The molecule has 108 valence electrons. The van der Waals surface area contributed by atoms with Crippen LogP contribution in [-0.4, -0.2) is 56.0 Å². The van der Waals surface area contributed by atoms with Crippen molar-refractivity contribution in [1.82, 2.24) is 0 Å². The molecule has 1 aliphatic carbocycles. The maximum absolute atomic E-state index is 9.43. The van der Waals surface area contributed by atoms with Crippen molar-refractivity contribution in [3.8, 4) is 0 Å². The minimum atomic E-state index is -1.31. The molecule has 0 radical (unpaired) electrons. The molecule has 19 heavy (non-hydrogen) atoms. The van der Waals surface area contributed by atoms with E-state index in [1.54, 1.807) is 25.7 Å². The first-order valence-electron chi connectivity index (χ1n) is 7.43. The van der Waals surface area contributed by atoms with Crippen LogP contribution in [-0.2, 0) is 9.59 Å². The van der Waals surface area contributed by atoms with Crippen LogP contribution in [0.1, 0.15) is 65.2 Å². The topological polar surface area (TPSA) is 74.6 Å². The molecule has 0 aliphatic heterocycles. The second-order valence-corrected chi connectivity index (χ2v) is 9.73. The van der Waals surface area contributed by atoms with Gasteiger partial charge in [0.1, 0.15) is 6.42 Å². The summed E-state index contributed by atoms with van der Waals surface area (Å²) in [5.74, 6) is -2.62. The molecule has 1 rings (SSSR count). The molecule has 0 atom stereocenters. The third-order valence-corrected chi connectivity index (χ3v) is 9.01. The van der Waals surface area contributed by atoms with Gasteiger partial charge < -0.3 is 10.2 Å². The van der Waals surface area contributed by atoms with Crippen molar-refractivity contribution in [3.63, 3.8) is 0 Å². The van der Waals surface area contributed by atoms with E-state index in [0.717, 1.165) is 0 Å². The summed E-state index contributed by atoms with van der Waals surface area (Å²) in [7, 11) is 0. The summed E-state index contributed by atoms with van der Waals surface area (Å²) < 4.78 is 2.48. The molecule has 0 saturated heterocycles. The van der Waals surface area contributed by atoms with Crippen LogP contribution in [0.4, 0.5) is 0 Å². The number of carbonyl (C=O) groups is 2. The van der Waals surface area contributed by atoms with Crippen molar-refractivity contribution in [2.24, 2.45) is 0 Å². The maximum atomic E-state index is 9.43. The fourth-order valence-corrected chi connectivity index (χ4v) is 6.80. The average molecular weight is 298 g/mol. The van der Waals surface area contributed by atoms with Crippen LogP contribution < -0.4 is 0 Å². The maximum Gasteiger partial charge on any atom is 0.314 e. The van der Waals surface area contributed by atoms with Crippen LogP contribution in [0.2, 0.25) is 4.03 Å². The van der Waals surface area contributed by atoms with E-state index in [9.17, 15) is 9.59 Å². The number of carboxylic acids is 2. The minimum absolute atomic E-state index is 0.155. The third-order valence-electron chi connectivity index (χ3n) is 3.85. The first-order valence-corrected chi connectivity index (χ1v) is 9.98. The number of carboxylic acid groups (broad SMARTS) is 2. The molecule has 0 aromatic heterocycles. The number of rotatable bonds is 6. The molecular weight excluding hydrogens is 272 g/mol. The Hall–Kier alpha value is 0.200. The number of hydrogen-bond donors (Lipinski definition) is 2. The largest absolute Gasteiger partial charge is 0.481 e. The molecule has 0 amide bonds. The number of hydrogen-bond acceptors (Lipinski definition) is 2. The van der Waals surface area contributed by atoms with Gasteiger partial charge >= 0.3 is 109 Å². The van der Waals surface area contributed by atoms with Crippen LogP contribution in [0.15, 0.2) is 0 Å². The Balaban J connectivity index is 0.000000399. The van der Waals surface area contributed by atoms with Gasteiger partial charge in [-0.3, -0.25) is 9.59 Å². The molecule has 5 heteroatoms. The van der Waals surface area contributed by atoms with E-state index >= 15 is 0 Å². The van der Waals surface area contributed by atoms with Gasteiger partial charge in [0.25, 0.3) is 0 Å². The summed E-state index contributed by atoms with van der Waals surface area (Å²) in [4.78, 5) is 18.9. The molecule has 1 saturated carbocycles. The van der Waals surface area contributed by atoms with Crippen molar-refractivity contribution in [2.45, 2.75) is 69.2 Å². The zero-order valence-electron chi connectivity index (χ0n) is 12.2. The van der Waals surface area contributed by atoms with Gasteiger partial charge in [-0.05, 0) is 0 Å². The van der Waals surface area contributed by atoms with Gasteiger partial charge in [-0.2, -0.15) is 0 Å². The van der Waals surface area contributed by atoms with Gasteiger partial charge in [0.2, 0.25) is 0 Å². The first-order chi connectivity index (χ1) is 8.99. The summed E-state index contributed by atoms with van der Waals surface area (Å²) >= 11 is -0.155. The smallest absolute Gasteiger partial charge is 0.314 e. The Morgan fingerprint density at radius 1 is 1.05 bits per heavy atom. The third kappa shape index (κ3) is 11.7. The van der Waals surface area contributed by atoms with Crippen LogP contribution in [0.5, 0.6) is 0 Å². The molecule has 0 unspecified atom stereocenters. The Bertz CT molecular complexity index is 246. The molecule has 1 fully saturated rings. The zero-order valence-corrected chi connectivity index (χ0v) is 14.4. The zero-order chi connectivity index (χ0) is 14.7. The quantitative estimate of drug-likeness (QED) is 0.580. The van der Waals surface area contributed by atoms with Crippen molar-refractivity contribution in [1.29, 1.82) is 0 Å². The van der Waals surface area contributed by atoms with Gasteiger partial charge in [-0.15, -0.1) is 0 Å². The van der Waals surface area contributed by atoms with E-state index in [0.29, 0.717) is 0 Å². The van der Waals surface area contributed by atoms with Crippen molar-refractivity contribution in [3.05, 3.63) is 0 Å². The van der Waals surface area contributed by atoms with Gasteiger partial charge in [0.05, 0.1) is 0 Å². The van der Waals surface area contributed by atoms with Crippen LogP contribution in [0.3, 0.4) is 0 Å². The van der Waals surface area contributed by atoms with E-state index in [1.165, 1.54) is 23.3 Å². The predicted octanol–water partition coefficient (Wildman–Crippen LogP) is 3.60. The predicted molar refractivity (Wildman–Crippen MR) is 76.8 cm³/mol. The molecule has 2 N–H and O–H groups in total. The molecule has 0 spiro atoms. The molecule has 1 aliphatic rings. The van der Waals surface area contributed by atoms with Crippen molar-refractivity contribution >= 4 is 45.8 Å². The summed E-state index contributed by atoms with van der Waals surface area (Å²) in [6.07, 6.45) is 10.0. The van der Waals surface area contributed by atoms with E-state index < -0.39 is 18.4 Å². The number of aliphatic carboxylic acids is 2. The van der Waals surface area contributed by atoms with E-state index in [1.807, 2.05) is 0 Å². The Kier molecular flexibility index (Phi) is 12.1. The van der Waals surface area contributed by atoms with Crippen LogP contribution in [0, 0.1) is 0 Å². The molecule has 4 nitrogen and oxygen atoms in total. The van der Waals surface area contributed by atoms with Crippen molar-refractivity contribution < 1.29 is 19.8 Å². The summed E-state index contributed by atoms with van der Waals surface area (Å²) in [6.45, 7) is 4.78. The van der Waals surface area contributed by atoms with Gasteiger partial charge in [-0.25, -0.2) is 0 Å². The molecule has 0 bridgehead atoms. The standard InChI is InChI=1S/C6H11.C5H11.C3H4O4.Ca/c1-2-4-6-5-3-1;1-3-5-4-2;4-2(5)1-3(6)7;/h1H,2-6H2;5H,3-4H2,1-2H3;1H2,(H,4,5)(H,6,7);. The second kappa shape index (κ2) is 12.0. The Morgan fingerprint density at radius 3 is 1.84 bits per heavy atom. The Morgan fingerprint density at radius 2 is 1.53 bits per heavy atom. The fraction of sp³-hybridized carbons (Fsp3) is 0.857. The Labute approximate surface area is 134 Å². The second-order valence-electron chi connectivity index (χ2n) is 5.39. The SMILES string of the molecule is CC[CH](CC)[Ca][CH]1CCCCC1.O=C(O)CC(=O)O. The molecule has 0 aromatic carbocycles. The summed E-state index contributed by atoms with van der Waals surface area (Å²) in [5.41, 5.74) is 0. The normalized spacial score (nSPS) is 15.3. The minimum Gasteiger partial charge on any atom is -0.481 e. The van der Waals surface area contributed by atoms with E-state index in [2.05, 4.69) is 13.8 Å². The van der Waals surface area contributed by atoms with Gasteiger partial charge in [-0.1, -0.05) is 0 Å². The molecule has 0 aromatic rings. The summed E-state index contributed by atoms with van der Waals surface area (Å²) in [5, 5.41) is 15.4.